The largest absolute Gasteiger partial charge is 0.472 e. The first-order chi connectivity index (χ1) is 35.5. The summed E-state index contributed by atoms with van der Waals surface area (Å²) in [6, 6.07) is 0. The molecule has 74 heavy (non-hydrogen) atoms. The molecule has 438 valence electrons. The summed E-state index contributed by atoms with van der Waals surface area (Å²) in [5, 5.41) is 10.5. The maximum absolute atomic E-state index is 12.9. The molecule has 0 rings (SSSR count). The van der Waals surface area contributed by atoms with E-state index >= 15 is 0 Å². The van der Waals surface area contributed by atoms with Gasteiger partial charge in [-0.15, -0.1) is 0 Å². The first-order valence-electron chi connectivity index (χ1n) is 29.1. The standard InChI is InChI=1S/C55H106O17P2/c1-6-9-12-15-18-20-25-29-34-39-53(58)66-45-51(72-55(60)41-36-31-26-21-23-27-32-37-48(4)5)47-70-74(63,64)68-43-49(56)42-67-73(61,62)69-46-50(44-65-52(57)38-33-28-22-17-14-11-8-3)71-54(59)40-35-30-24-19-16-13-10-7-2/h48-51,56H,6-47H2,1-5H3,(H,61,62)(H,63,64)/t49-,50+,51+/m0/s1. The van der Waals surface area contributed by atoms with E-state index in [9.17, 15) is 43.2 Å². The zero-order valence-electron chi connectivity index (χ0n) is 47.0. The van der Waals surface area contributed by atoms with Crippen LogP contribution in [0.1, 0.15) is 266 Å². The second-order valence-electron chi connectivity index (χ2n) is 20.4. The van der Waals surface area contributed by atoms with Crippen molar-refractivity contribution in [1.29, 1.82) is 0 Å². The molecule has 0 fully saturated rings. The van der Waals surface area contributed by atoms with Crippen molar-refractivity contribution in [2.75, 3.05) is 39.6 Å². The third kappa shape index (κ3) is 49.6. The van der Waals surface area contributed by atoms with E-state index in [1.165, 1.54) is 70.6 Å². The molecule has 5 atom stereocenters. The first kappa shape index (κ1) is 72.1. The van der Waals surface area contributed by atoms with Crippen LogP contribution in [0.15, 0.2) is 0 Å². The van der Waals surface area contributed by atoms with Gasteiger partial charge >= 0.3 is 39.5 Å². The maximum atomic E-state index is 12.9. The summed E-state index contributed by atoms with van der Waals surface area (Å²) in [4.78, 5) is 71.5. The summed E-state index contributed by atoms with van der Waals surface area (Å²) in [5.74, 6) is -1.46. The van der Waals surface area contributed by atoms with Gasteiger partial charge in [-0.25, -0.2) is 9.13 Å². The number of ether oxygens (including phenoxy) is 4. The number of carbonyl (C=O) groups excluding carboxylic acids is 4. The number of phosphoric acid groups is 2. The van der Waals surface area contributed by atoms with E-state index < -0.39 is 97.5 Å². The molecule has 3 N–H and O–H groups in total. The molecular formula is C55H106O17P2. The lowest BCUT2D eigenvalue weighted by atomic mass is 10.0. The minimum atomic E-state index is -4.93. The van der Waals surface area contributed by atoms with Crippen molar-refractivity contribution in [2.24, 2.45) is 5.92 Å². The summed E-state index contributed by atoms with van der Waals surface area (Å²) in [6.45, 7) is 6.97. The van der Waals surface area contributed by atoms with Crippen LogP contribution < -0.4 is 0 Å². The van der Waals surface area contributed by atoms with Crippen LogP contribution in [0.25, 0.3) is 0 Å². The molecule has 0 bridgehead atoms. The Hall–Kier alpha value is -1.94. The fourth-order valence-corrected chi connectivity index (χ4v) is 9.57. The van der Waals surface area contributed by atoms with E-state index in [-0.39, 0.29) is 25.7 Å². The number of esters is 4. The van der Waals surface area contributed by atoms with E-state index in [0.717, 1.165) is 109 Å². The van der Waals surface area contributed by atoms with Gasteiger partial charge in [-0.05, 0) is 31.6 Å². The average molecular weight is 1100 g/mol. The number of hydrogen-bond acceptors (Lipinski definition) is 15. The Kier molecular flexibility index (Phi) is 48.1. The first-order valence-corrected chi connectivity index (χ1v) is 32.1. The van der Waals surface area contributed by atoms with Crippen LogP contribution in [-0.2, 0) is 65.4 Å². The molecule has 0 aromatic heterocycles. The van der Waals surface area contributed by atoms with Crippen molar-refractivity contribution in [1.82, 2.24) is 0 Å². The van der Waals surface area contributed by atoms with Crippen LogP contribution in [0.4, 0.5) is 0 Å². The van der Waals surface area contributed by atoms with Gasteiger partial charge < -0.3 is 33.8 Å². The Morgan fingerprint density at radius 1 is 0.365 bits per heavy atom. The van der Waals surface area contributed by atoms with Gasteiger partial charge in [-0.2, -0.15) is 0 Å². The van der Waals surface area contributed by atoms with Gasteiger partial charge in [0.1, 0.15) is 19.3 Å². The molecule has 0 aromatic rings. The highest BCUT2D eigenvalue weighted by Gasteiger charge is 2.30. The minimum absolute atomic E-state index is 0.103. The highest BCUT2D eigenvalue weighted by atomic mass is 31.2. The summed E-state index contributed by atoms with van der Waals surface area (Å²) < 4.78 is 67.4. The molecule has 19 heteroatoms. The van der Waals surface area contributed by atoms with Crippen LogP contribution >= 0.6 is 15.6 Å². The van der Waals surface area contributed by atoms with Crippen molar-refractivity contribution in [3.05, 3.63) is 0 Å². The predicted molar refractivity (Wildman–Crippen MR) is 289 cm³/mol. The van der Waals surface area contributed by atoms with Crippen molar-refractivity contribution in [3.63, 3.8) is 0 Å². The van der Waals surface area contributed by atoms with Gasteiger partial charge in [-0.1, -0.05) is 214 Å². The van der Waals surface area contributed by atoms with Gasteiger partial charge in [0.15, 0.2) is 12.2 Å². The monoisotopic (exact) mass is 1100 g/mol. The molecule has 0 heterocycles. The van der Waals surface area contributed by atoms with E-state index in [2.05, 4.69) is 34.6 Å². The molecule has 0 aliphatic carbocycles. The zero-order chi connectivity index (χ0) is 55.0. The number of rotatable bonds is 55. The highest BCUT2D eigenvalue weighted by Crippen LogP contribution is 2.45. The fourth-order valence-electron chi connectivity index (χ4n) is 7.99. The molecule has 0 amide bonds. The summed E-state index contributed by atoms with van der Waals surface area (Å²) >= 11 is 0. The molecule has 0 aromatic carbocycles. The summed E-state index contributed by atoms with van der Waals surface area (Å²) in [6.07, 6.45) is 29.6. The third-order valence-corrected chi connectivity index (χ3v) is 14.4. The normalized spacial score (nSPS) is 14.5. The van der Waals surface area contributed by atoms with Crippen molar-refractivity contribution < 1.29 is 80.2 Å². The lowest BCUT2D eigenvalue weighted by molar-refractivity contribution is -0.161. The third-order valence-electron chi connectivity index (χ3n) is 12.5. The number of unbranched alkanes of at least 4 members (excludes halogenated alkanes) is 27. The quantitative estimate of drug-likeness (QED) is 0.0222. The maximum Gasteiger partial charge on any atom is 0.472 e. The lowest BCUT2D eigenvalue weighted by Gasteiger charge is -2.21. The van der Waals surface area contributed by atoms with E-state index in [1.807, 2.05) is 0 Å². The smallest absolute Gasteiger partial charge is 0.462 e. The van der Waals surface area contributed by atoms with Gasteiger partial charge in [0.05, 0.1) is 26.4 Å². The van der Waals surface area contributed by atoms with Crippen LogP contribution in [-0.4, -0.2) is 96.7 Å². The second kappa shape index (κ2) is 49.4. The van der Waals surface area contributed by atoms with Gasteiger partial charge in [0.25, 0.3) is 0 Å². The molecule has 0 saturated carbocycles. The number of phosphoric ester groups is 2. The topological polar surface area (TPSA) is 237 Å². The SMILES string of the molecule is CCCCCCCCCCCC(=O)OC[C@H](COP(=O)(O)OC[C@@H](O)COP(=O)(O)OC[C@@H](COC(=O)CCCCCCCCC)OC(=O)CCCCCCCCCC)OC(=O)CCCCCCCCCC(C)C. The Labute approximate surface area is 447 Å². The van der Waals surface area contributed by atoms with Crippen molar-refractivity contribution in [2.45, 2.75) is 284 Å². The molecule has 0 saturated heterocycles. The summed E-state index contributed by atoms with van der Waals surface area (Å²) in [7, 11) is -9.86. The van der Waals surface area contributed by atoms with E-state index in [1.54, 1.807) is 0 Å². The Bertz CT molecular complexity index is 1470. The molecule has 17 nitrogen and oxygen atoms in total. The van der Waals surface area contributed by atoms with Gasteiger partial charge in [0.2, 0.25) is 0 Å². The van der Waals surface area contributed by atoms with Crippen LogP contribution in [0, 0.1) is 5.92 Å². The molecule has 0 spiro atoms. The zero-order valence-corrected chi connectivity index (χ0v) is 48.7. The summed E-state index contributed by atoms with van der Waals surface area (Å²) in [5.41, 5.74) is 0. The van der Waals surface area contributed by atoms with E-state index in [0.29, 0.717) is 31.6 Å². The van der Waals surface area contributed by atoms with Crippen LogP contribution in [0.5, 0.6) is 0 Å². The van der Waals surface area contributed by atoms with Gasteiger partial charge in [0, 0.05) is 25.7 Å². The lowest BCUT2D eigenvalue weighted by Crippen LogP contribution is -2.30. The van der Waals surface area contributed by atoms with Crippen molar-refractivity contribution in [3.8, 4) is 0 Å². The molecule has 0 radical (unpaired) electrons. The number of carbonyl (C=O) groups is 4. The Balaban J connectivity index is 5.20. The fraction of sp³-hybridized carbons (Fsp3) is 0.927. The number of hydrogen-bond donors (Lipinski definition) is 3. The minimum Gasteiger partial charge on any atom is -0.462 e. The van der Waals surface area contributed by atoms with Crippen LogP contribution in [0.3, 0.4) is 0 Å². The van der Waals surface area contributed by atoms with Crippen molar-refractivity contribution >= 4 is 39.5 Å². The average Bonchev–Trinajstić information content (AvgIpc) is 3.36. The Morgan fingerprint density at radius 2 is 0.622 bits per heavy atom. The Morgan fingerprint density at radius 3 is 0.919 bits per heavy atom. The number of aliphatic hydroxyl groups is 1. The van der Waals surface area contributed by atoms with E-state index in [4.69, 9.17) is 37.0 Å². The molecule has 0 aliphatic heterocycles. The molecule has 0 aliphatic rings. The highest BCUT2D eigenvalue weighted by molar-refractivity contribution is 7.47. The van der Waals surface area contributed by atoms with Gasteiger partial charge in [-0.3, -0.25) is 37.3 Å². The molecular weight excluding hydrogens is 995 g/mol. The predicted octanol–water partition coefficient (Wildman–Crippen LogP) is 14.3. The van der Waals surface area contributed by atoms with Crippen LogP contribution in [0.2, 0.25) is 0 Å². The number of aliphatic hydroxyl groups excluding tert-OH is 1. The molecule has 2 unspecified atom stereocenters. The second-order valence-corrected chi connectivity index (χ2v) is 23.4.